The normalized spacial score (nSPS) is 26.2. The molecule has 1 saturated heterocycles. The van der Waals surface area contributed by atoms with E-state index in [9.17, 15) is 18.9 Å². The third-order valence-corrected chi connectivity index (χ3v) is 4.72. The number of rotatable bonds is 5. The summed E-state index contributed by atoms with van der Waals surface area (Å²) in [5.41, 5.74) is -1.24. The molecule has 1 atom stereocenters. The van der Waals surface area contributed by atoms with E-state index in [1.807, 2.05) is 6.92 Å². The maximum atomic E-state index is 11.8. The predicted molar refractivity (Wildman–Crippen MR) is 73.5 cm³/mol. The highest BCUT2D eigenvalue weighted by molar-refractivity contribution is 7.85. The third-order valence-electron chi connectivity index (χ3n) is 3.33. The highest BCUT2D eigenvalue weighted by atomic mass is 32.2. The molecule has 2 amide bonds. The second-order valence-electron chi connectivity index (χ2n) is 5.11. The first kappa shape index (κ1) is 15.9. The first-order chi connectivity index (χ1) is 8.87. The monoisotopic (exact) mass is 290 g/mol. The van der Waals surface area contributed by atoms with Crippen LogP contribution in [0.2, 0.25) is 0 Å². The van der Waals surface area contributed by atoms with Crippen LogP contribution in [0.25, 0.3) is 0 Å². The molecule has 1 aliphatic rings. The highest BCUT2D eigenvalue weighted by Gasteiger charge is 2.34. The van der Waals surface area contributed by atoms with E-state index < -0.39 is 28.3 Å². The van der Waals surface area contributed by atoms with Gasteiger partial charge in [0.2, 0.25) is 0 Å². The Bertz CT molecular complexity index is 365. The molecule has 1 heterocycles. The molecular formula is C12H22N2O4S. The SMILES string of the molecule is CCCC(C)(NC(=O)NC1CCS(=O)CC1)C(=O)O. The summed E-state index contributed by atoms with van der Waals surface area (Å²) in [5, 5.41) is 14.5. The zero-order valence-electron chi connectivity index (χ0n) is 11.4. The molecule has 1 aliphatic heterocycles. The maximum absolute atomic E-state index is 11.8. The first-order valence-corrected chi connectivity index (χ1v) is 8.03. The van der Waals surface area contributed by atoms with E-state index in [-0.39, 0.29) is 6.04 Å². The smallest absolute Gasteiger partial charge is 0.329 e. The predicted octanol–water partition coefficient (Wildman–Crippen LogP) is 0.840. The Hall–Kier alpha value is -1.11. The van der Waals surface area contributed by atoms with Gasteiger partial charge in [-0.2, -0.15) is 0 Å². The number of urea groups is 1. The average Bonchev–Trinajstić information content (AvgIpc) is 2.32. The Balaban J connectivity index is 2.49. The van der Waals surface area contributed by atoms with Gasteiger partial charge in [-0.1, -0.05) is 13.3 Å². The minimum atomic E-state index is -1.24. The lowest BCUT2D eigenvalue weighted by molar-refractivity contribution is -0.144. The molecule has 1 fully saturated rings. The van der Waals surface area contributed by atoms with Crippen LogP contribution >= 0.6 is 0 Å². The molecule has 0 bridgehead atoms. The van der Waals surface area contributed by atoms with Gasteiger partial charge in [-0.3, -0.25) is 4.21 Å². The number of nitrogens with one attached hydrogen (secondary N) is 2. The van der Waals surface area contributed by atoms with E-state index >= 15 is 0 Å². The molecule has 19 heavy (non-hydrogen) atoms. The van der Waals surface area contributed by atoms with Crippen LogP contribution in [0.15, 0.2) is 0 Å². The molecule has 0 spiro atoms. The summed E-state index contributed by atoms with van der Waals surface area (Å²) < 4.78 is 11.2. The fourth-order valence-corrected chi connectivity index (χ4v) is 3.43. The van der Waals surface area contributed by atoms with E-state index in [1.54, 1.807) is 0 Å². The lowest BCUT2D eigenvalue weighted by Crippen LogP contribution is -2.57. The zero-order valence-corrected chi connectivity index (χ0v) is 12.2. The molecular weight excluding hydrogens is 268 g/mol. The van der Waals surface area contributed by atoms with Crippen LogP contribution in [0.1, 0.15) is 39.5 Å². The Morgan fingerprint density at radius 1 is 1.37 bits per heavy atom. The minimum absolute atomic E-state index is 0.0163. The van der Waals surface area contributed by atoms with Gasteiger partial charge in [-0.15, -0.1) is 0 Å². The van der Waals surface area contributed by atoms with Gasteiger partial charge in [0.25, 0.3) is 0 Å². The van der Waals surface area contributed by atoms with E-state index in [4.69, 9.17) is 0 Å². The fourth-order valence-electron chi connectivity index (χ4n) is 2.13. The number of aliphatic carboxylic acids is 1. The van der Waals surface area contributed by atoms with Crippen LogP contribution in [-0.4, -0.2) is 44.4 Å². The van der Waals surface area contributed by atoms with Crippen LogP contribution in [0.3, 0.4) is 0 Å². The van der Waals surface area contributed by atoms with Crippen molar-refractivity contribution in [3.8, 4) is 0 Å². The minimum Gasteiger partial charge on any atom is -0.480 e. The van der Waals surface area contributed by atoms with Gasteiger partial charge >= 0.3 is 12.0 Å². The summed E-state index contributed by atoms with van der Waals surface area (Å²) in [5.74, 6) is 0.154. The van der Waals surface area contributed by atoms with Crippen molar-refractivity contribution in [2.75, 3.05) is 11.5 Å². The number of amides is 2. The number of hydrogen-bond donors (Lipinski definition) is 3. The zero-order chi connectivity index (χ0) is 14.5. The third kappa shape index (κ3) is 4.81. The molecule has 0 aromatic carbocycles. The van der Waals surface area contributed by atoms with Crippen molar-refractivity contribution in [1.29, 1.82) is 0 Å². The molecule has 0 aromatic rings. The molecule has 110 valence electrons. The van der Waals surface area contributed by atoms with E-state index in [2.05, 4.69) is 10.6 Å². The van der Waals surface area contributed by atoms with Crippen molar-refractivity contribution >= 4 is 22.8 Å². The van der Waals surface area contributed by atoms with Gasteiger partial charge in [-0.05, 0) is 26.2 Å². The summed E-state index contributed by atoms with van der Waals surface area (Å²) in [6, 6.07) is -0.478. The Morgan fingerprint density at radius 2 is 1.95 bits per heavy atom. The van der Waals surface area contributed by atoms with E-state index in [0.717, 1.165) is 0 Å². The van der Waals surface area contributed by atoms with Gasteiger partial charge < -0.3 is 15.7 Å². The molecule has 3 N–H and O–H groups in total. The molecule has 0 aliphatic carbocycles. The topological polar surface area (TPSA) is 95.5 Å². The lowest BCUT2D eigenvalue weighted by Gasteiger charge is -2.28. The van der Waals surface area contributed by atoms with Gasteiger partial charge in [0, 0.05) is 28.3 Å². The Morgan fingerprint density at radius 3 is 2.42 bits per heavy atom. The number of carboxylic acid groups (broad SMARTS) is 1. The van der Waals surface area contributed by atoms with Crippen molar-refractivity contribution in [3.05, 3.63) is 0 Å². The summed E-state index contributed by atoms with van der Waals surface area (Å²) in [4.78, 5) is 23.0. The van der Waals surface area contributed by atoms with Crippen LogP contribution in [0.5, 0.6) is 0 Å². The van der Waals surface area contributed by atoms with Crippen molar-refractivity contribution in [1.82, 2.24) is 10.6 Å². The lowest BCUT2D eigenvalue weighted by atomic mass is 9.96. The second kappa shape index (κ2) is 6.88. The number of carbonyl (C=O) groups excluding carboxylic acids is 1. The van der Waals surface area contributed by atoms with Gasteiger partial charge in [0.1, 0.15) is 5.54 Å². The van der Waals surface area contributed by atoms with Crippen LogP contribution in [0, 0.1) is 0 Å². The molecule has 1 unspecified atom stereocenters. The largest absolute Gasteiger partial charge is 0.480 e. The second-order valence-corrected chi connectivity index (χ2v) is 6.80. The Labute approximate surface area is 115 Å². The standard InChI is InChI=1S/C12H22N2O4S/c1-3-6-12(2,10(15)16)14-11(17)13-9-4-7-19(18)8-5-9/h9H,3-8H2,1-2H3,(H,15,16)(H2,13,14,17). The summed E-state index contributed by atoms with van der Waals surface area (Å²) >= 11 is 0. The van der Waals surface area contributed by atoms with Crippen molar-refractivity contribution < 1.29 is 18.9 Å². The van der Waals surface area contributed by atoms with E-state index in [0.29, 0.717) is 37.2 Å². The number of carboxylic acids is 1. The molecule has 7 heteroatoms. The van der Waals surface area contributed by atoms with E-state index in [1.165, 1.54) is 6.92 Å². The number of carbonyl (C=O) groups is 2. The van der Waals surface area contributed by atoms with Crippen LogP contribution < -0.4 is 10.6 Å². The maximum Gasteiger partial charge on any atom is 0.329 e. The fraction of sp³-hybridized carbons (Fsp3) is 0.833. The van der Waals surface area contributed by atoms with Crippen molar-refractivity contribution in [2.45, 2.75) is 51.1 Å². The summed E-state index contributed by atoms with van der Waals surface area (Å²) in [6.07, 6.45) is 2.41. The molecule has 0 saturated carbocycles. The number of hydrogen-bond acceptors (Lipinski definition) is 3. The van der Waals surface area contributed by atoms with Gasteiger partial charge in [0.15, 0.2) is 0 Å². The summed E-state index contributed by atoms with van der Waals surface area (Å²) in [6.45, 7) is 3.38. The molecule has 1 rings (SSSR count). The van der Waals surface area contributed by atoms with Gasteiger partial charge in [0.05, 0.1) is 0 Å². The van der Waals surface area contributed by atoms with Crippen molar-refractivity contribution in [2.24, 2.45) is 0 Å². The van der Waals surface area contributed by atoms with Crippen LogP contribution in [-0.2, 0) is 15.6 Å². The average molecular weight is 290 g/mol. The van der Waals surface area contributed by atoms with Crippen molar-refractivity contribution in [3.63, 3.8) is 0 Å². The molecule has 6 nitrogen and oxygen atoms in total. The molecule has 0 aromatic heterocycles. The summed E-state index contributed by atoms with van der Waals surface area (Å²) in [7, 11) is -0.771. The van der Waals surface area contributed by atoms with Crippen LogP contribution in [0.4, 0.5) is 4.79 Å². The Kier molecular flexibility index (Phi) is 5.78. The van der Waals surface area contributed by atoms with Gasteiger partial charge in [-0.25, -0.2) is 9.59 Å². The highest BCUT2D eigenvalue weighted by Crippen LogP contribution is 2.13. The quantitative estimate of drug-likeness (QED) is 0.699. The first-order valence-electron chi connectivity index (χ1n) is 6.54. The molecule has 0 radical (unpaired) electrons.